The summed E-state index contributed by atoms with van der Waals surface area (Å²) in [6.45, 7) is 4.58. The molecule has 1 aromatic carbocycles. The summed E-state index contributed by atoms with van der Waals surface area (Å²) < 4.78 is 44.0. The Kier molecular flexibility index (Phi) is 8.16. The number of alkyl halides is 3. The second-order valence-corrected chi connectivity index (χ2v) is 7.83. The van der Waals surface area contributed by atoms with Gasteiger partial charge in [-0.25, -0.2) is 0 Å². The highest BCUT2D eigenvalue weighted by Gasteiger charge is 2.30. The average molecular weight is 425 g/mol. The van der Waals surface area contributed by atoms with Gasteiger partial charge < -0.3 is 15.4 Å². The van der Waals surface area contributed by atoms with Crippen LogP contribution in [-0.2, 0) is 17.5 Å². The zero-order chi connectivity index (χ0) is 21.4. The fourth-order valence-electron chi connectivity index (χ4n) is 3.86. The molecule has 2 heterocycles. The Balaban J connectivity index is 1.40. The lowest BCUT2D eigenvalue weighted by atomic mass is 10.0. The fourth-order valence-corrected chi connectivity index (χ4v) is 3.86. The summed E-state index contributed by atoms with van der Waals surface area (Å²) in [7, 11) is 1.77. The Labute approximate surface area is 176 Å². The number of halogens is 3. The average Bonchev–Trinajstić information content (AvgIpc) is 2.75. The van der Waals surface area contributed by atoms with E-state index in [1.807, 2.05) is 0 Å². The largest absolute Gasteiger partial charge is 0.416 e. The maximum Gasteiger partial charge on any atom is 0.416 e. The minimum atomic E-state index is -4.29. The maximum absolute atomic E-state index is 12.9. The molecule has 3 rings (SSSR count). The lowest BCUT2D eigenvalue weighted by molar-refractivity contribution is -0.137. The van der Waals surface area contributed by atoms with Crippen LogP contribution in [0.25, 0.3) is 0 Å². The zero-order valence-corrected chi connectivity index (χ0v) is 17.5. The molecular formula is C22H31F3N4O. The molecule has 30 heavy (non-hydrogen) atoms. The van der Waals surface area contributed by atoms with E-state index in [4.69, 9.17) is 4.74 Å². The molecule has 0 amide bonds. The maximum atomic E-state index is 12.9. The third kappa shape index (κ3) is 7.02. The van der Waals surface area contributed by atoms with Crippen molar-refractivity contribution in [2.24, 2.45) is 4.99 Å². The topological polar surface area (TPSA) is 48.9 Å². The smallest absolute Gasteiger partial charge is 0.377 e. The predicted molar refractivity (Wildman–Crippen MR) is 112 cm³/mol. The molecule has 0 saturated carbocycles. The van der Waals surface area contributed by atoms with Crippen LogP contribution in [0.3, 0.4) is 0 Å². The third-order valence-electron chi connectivity index (χ3n) is 5.61. The Morgan fingerprint density at radius 1 is 1.27 bits per heavy atom. The number of guanidine groups is 1. The van der Waals surface area contributed by atoms with Gasteiger partial charge in [0.1, 0.15) is 0 Å². The van der Waals surface area contributed by atoms with Crippen LogP contribution >= 0.6 is 0 Å². The van der Waals surface area contributed by atoms with Gasteiger partial charge in [0.05, 0.1) is 18.8 Å². The summed E-state index contributed by atoms with van der Waals surface area (Å²) in [5, 5.41) is 6.85. The minimum absolute atomic E-state index is 0.316. The summed E-state index contributed by atoms with van der Waals surface area (Å²) in [4.78, 5) is 6.52. The van der Waals surface area contributed by atoms with Crippen molar-refractivity contribution in [2.45, 2.75) is 44.4 Å². The molecule has 0 aromatic heterocycles. The monoisotopic (exact) mass is 424 g/mol. The van der Waals surface area contributed by atoms with Crippen LogP contribution < -0.4 is 10.6 Å². The van der Waals surface area contributed by atoms with Crippen molar-refractivity contribution in [1.29, 1.82) is 0 Å². The molecule has 0 aliphatic carbocycles. The second-order valence-electron chi connectivity index (χ2n) is 7.83. The quantitative estimate of drug-likeness (QED) is 0.417. The van der Waals surface area contributed by atoms with Gasteiger partial charge in [-0.3, -0.25) is 9.89 Å². The number of piperidine rings is 1. The molecule has 1 fully saturated rings. The van der Waals surface area contributed by atoms with Crippen molar-refractivity contribution in [3.05, 3.63) is 47.0 Å². The van der Waals surface area contributed by atoms with E-state index in [0.717, 1.165) is 64.0 Å². The van der Waals surface area contributed by atoms with Crippen molar-refractivity contribution < 1.29 is 17.9 Å². The first-order valence-electron chi connectivity index (χ1n) is 10.6. The van der Waals surface area contributed by atoms with Gasteiger partial charge in [-0.2, -0.15) is 13.2 Å². The first-order chi connectivity index (χ1) is 14.4. The molecular weight excluding hydrogens is 393 g/mol. The molecule has 0 unspecified atom stereocenters. The van der Waals surface area contributed by atoms with Crippen molar-refractivity contribution in [3.63, 3.8) is 0 Å². The van der Waals surface area contributed by atoms with Crippen LogP contribution in [0.5, 0.6) is 0 Å². The number of rotatable bonds is 6. The van der Waals surface area contributed by atoms with E-state index < -0.39 is 11.7 Å². The van der Waals surface area contributed by atoms with Crippen LogP contribution in [-0.4, -0.2) is 56.8 Å². The van der Waals surface area contributed by atoms with Gasteiger partial charge in [-0.05, 0) is 37.3 Å². The second kappa shape index (κ2) is 10.8. The van der Waals surface area contributed by atoms with E-state index in [1.165, 1.54) is 17.7 Å². The standard InChI is InChI=1S/C22H31F3N4O/c1-26-21(27-10-5-17-8-13-30-14-9-17)28-20-6-11-29(12-7-20)16-18-3-2-4-19(15-18)22(23,24)25/h2-4,8,15,20H,5-7,9-14,16H2,1H3,(H2,26,27,28). The van der Waals surface area contributed by atoms with Gasteiger partial charge >= 0.3 is 6.18 Å². The van der Waals surface area contributed by atoms with E-state index in [1.54, 1.807) is 13.1 Å². The van der Waals surface area contributed by atoms with Crippen molar-refractivity contribution in [1.82, 2.24) is 15.5 Å². The number of benzene rings is 1. The molecule has 0 atom stereocenters. The summed E-state index contributed by atoms with van der Waals surface area (Å²) in [6.07, 6.45) is 1.71. The molecule has 0 radical (unpaired) electrons. The number of nitrogens with zero attached hydrogens (tertiary/aromatic N) is 2. The van der Waals surface area contributed by atoms with Gasteiger partial charge in [-0.15, -0.1) is 0 Å². The third-order valence-corrected chi connectivity index (χ3v) is 5.61. The number of hydrogen-bond donors (Lipinski definition) is 2. The lowest BCUT2D eigenvalue weighted by Crippen LogP contribution is -2.48. The Hall–Kier alpha value is -2.06. The van der Waals surface area contributed by atoms with Crippen LogP contribution in [0.2, 0.25) is 0 Å². The number of likely N-dealkylation sites (tertiary alicyclic amines) is 1. The normalized spacial score (nSPS) is 19.5. The number of hydrogen-bond acceptors (Lipinski definition) is 3. The molecule has 5 nitrogen and oxygen atoms in total. The Morgan fingerprint density at radius 3 is 2.73 bits per heavy atom. The lowest BCUT2D eigenvalue weighted by Gasteiger charge is -2.33. The number of ether oxygens (including phenoxy) is 1. The summed E-state index contributed by atoms with van der Waals surface area (Å²) in [6, 6.07) is 5.94. The molecule has 166 valence electrons. The van der Waals surface area contributed by atoms with Crippen LogP contribution in [0.1, 0.15) is 36.8 Å². The Bertz CT molecular complexity index is 740. The van der Waals surface area contributed by atoms with Gasteiger partial charge in [0.25, 0.3) is 0 Å². The molecule has 8 heteroatoms. The van der Waals surface area contributed by atoms with E-state index >= 15 is 0 Å². The van der Waals surface area contributed by atoms with Gasteiger partial charge in [0, 0.05) is 39.3 Å². The van der Waals surface area contributed by atoms with Crippen LogP contribution in [0, 0.1) is 0 Å². The van der Waals surface area contributed by atoms with Crippen LogP contribution in [0.15, 0.2) is 40.9 Å². The summed E-state index contributed by atoms with van der Waals surface area (Å²) in [5.74, 6) is 0.805. The van der Waals surface area contributed by atoms with E-state index in [9.17, 15) is 13.2 Å². The molecule has 2 aliphatic heterocycles. The number of nitrogens with one attached hydrogen (secondary N) is 2. The minimum Gasteiger partial charge on any atom is -0.377 e. The highest BCUT2D eigenvalue weighted by atomic mass is 19.4. The highest BCUT2D eigenvalue weighted by Crippen LogP contribution is 2.30. The van der Waals surface area contributed by atoms with E-state index in [0.29, 0.717) is 24.8 Å². The SMILES string of the molecule is CN=C(NCCC1=CCOCC1)NC1CCN(Cc2cccc(C(F)(F)F)c2)CC1. The molecule has 2 aliphatic rings. The van der Waals surface area contributed by atoms with Gasteiger partial charge in [0.15, 0.2) is 5.96 Å². The molecule has 0 bridgehead atoms. The molecule has 1 aromatic rings. The van der Waals surface area contributed by atoms with E-state index in [-0.39, 0.29) is 0 Å². The van der Waals surface area contributed by atoms with Crippen molar-refractivity contribution in [2.75, 3.05) is 39.9 Å². The van der Waals surface area contributed by atoms with Gasteiger partial charge in [-0.1, -0.05) is 29.8 Å². The molecule has 1 saturated heterocycles. The highest BCUT2D eigenvalue weighted by molar-refractivity contribution is 5.79. The molecule has 2 N–H and O–H groups in total. The Morgan fingerprint density at radius 2 is 2.07 bits per heavy atom. The first-order valence-corrected chi connectivity index (χ1v) is 10.6. The summed E-state index contributed by atoms with van der Waals surface area (Å²) >= 11 is 0. The van der Waals surface area contributed by atoms with Crippen LogP contribution in [0.4, 0.5) is 13.2 Å². The van der Waals surface area contributed by atoms with Gasteiger partial charge in [0.2, 0.25) is 0 Å². The van der Waals surface area contributed by atoms with Crippen molar-refractivity contribution in [3.8, 4) is 0 Å². The predicted octanol–water partition coefficient (Wildman–Crippen LogP) is 3.57. The van der Waals surface area contributed by atoms with Crippen molar-refractivity contribution >= 4 is 5.96 Å². The molecule has 0 spiro atoms. The first kappa shape index (κ1) is 22.6. The number of aliphatic imine (C=N–C) groups is 1. The van der Waals surface area contributed by atoms with E-state index in [2.05, 4.69) is 26.6 Å². The zero-order valence-electron chi connectivity index (χ0n) is 17.5. The summed E-state index contributed by atoms with van der Waals surface area (Å²) in [5.41, 5.74) is 1.55. The fraction of sp³-hybridized carbons (Fsp3) is 0.591.